The molecule has 0 aromatic heterocycles. The van der Waals surface area contributed by atoms with Crippen LogP contribution in [0.5, 0.6) is 0 Å². The Bertz CT molecular complexity index is 310. The van der Waals surface area contributed by atoms with Gasteiger partial charge in [-0.25, -0.2) is 0 Å². The van der Waals surface area contributed by atoms with E-state index in [2.05, 4.69) is 6.07 Å². The standard InChI is InChI=1S/C12H21N3O/c1-4-9(2)10(14)11(16)15-7-5-6-12(15,3)8-13/h9-10H,4-7,14H2,1-3H3/t9?,10-,12-/m0/s1. The zero-order valence-corrected chi connectivity index (χ0v) is 10.4. The molecule has 4 nitrogen and oxygen atoms in total. The minimum atomic E-state index is -0.651. The molecular formula is C12H21N3O. The molecule has 16 heavy (non-hydrogen) atoms. The monoisotopic (exact) mass is 223 g/mol. The highest BCUT2D eigenvalue weighted by atomic mass is 16.2. The van der Waals surface area contributed by atoms with Crippen molar-refractivity contribution in [1.82, 2.24) is 4.90 Å². The van der Waals surface area contributed by atoms with E-state index in [1.165, 1.54) is 0 Å². The fourth-order valence-electron chi connectivity index (χ4n) is 2.11. The summed E-state index contributed by atoms with van der Waals surface area (Å²) in [4.78, 5) is 13.8. The molecule has 0 saturated carbocycles. The van der Waals surface area contributed by atoms with Crippen molar-refractivity contribution in [1.29, 1.82) is 5.26 Å². The topological polar surface area (TPSA) is 70.1 Å². The summed E-state index contributed by atoms with van der Waals surface area (Å²) in [5.74, 6) is 0.0898. The van der Waals surface area contributed by atoms with Crippen molar-refractivity contribution in [3.63, 3.8) is 0 Å². The molecule has 1 rings (SSSR count). The lowest BCUT2D eigenvalue weighted by Gasteiger charge is -2.32. The van der Waals surface area contributed by atoms with Gasteiger partial charge in [0.2, 0.25) is 5.91 Å². The number of likely N-dealkylation sites (tertiary alicyclic amines) is 1. The lowest BCUT2D eigenvalue weighted by Crippen LogP contribution is -2.52. The summed E-state index contributed by atoms with van der Waals surface area (Å²) in [5, 5.41) is 9.14. The number of nitrogens with zero attached hydrogens (tertiary/aromatic N) is 2. The molecule has 0 bridgehead atoms. The Kier molecular flexibility index (Phi) is 3.93. The van der Waals surface area contributed by atoms with E-state index in [4.69, 9.17) is 11.0 Å². The minimum absolute atomic E-state index is 0.0732. The van der Waals surface area contributed by atoms with Gasteiger partial charge in [-0.2, -0.15) is 5.26 Å². The highest BCUT2D eigenvalue weighted by Crippen LogP contribution is 2.29. The molecule has 0 radical (unpaired) electrons. The Hall–Kier alpha value is -1.08. The molecule has 1 aliphatic rings. The van der Waals surface area contributed by atoms with E-state index in [-0.39, 0.29) is 11.8 Å². The van der Waals surface area contributed by atoms with Crippen LogP contribution in [0, 0.1) is 17.2 Å². The highest BCUT2D eigenvalue weighted by molar-refractivity contribution is 5.83. The van der Waals surface area contributed by atoms with Gasteiger partial charge in [-0.3, -0.25) is 4.79 Å². The van der Waals surface area contributed by atoms with E-state index in [0.29, 0.717) is 6.54 Å². The first-order chi connectivity index (χ1) is 7.46. The van der Waals surface area contributed by atoms with Crippen molar-refractivity contribution >= 4 is 5.91 Å². The van der Waals surface area contributed by atoms with Gasteiger partial charge >= 0.3 is 0 Å². The van der Waals surface area contributed by atoms with E-state index >= 15 is 0 Å². The average Bonchev–Trinajstić information content (AvgIpc) is 2.69. The molecule has 1 amide bonds. The highest BCUT2D eigenvalue weighted by Gasteiger charge is 2.41. The number of nitriles is 1. The van der Waals surface area contributed by atoms with Gasteiger partial charge in [-0.05, 0) is 25.7 Å². The molecule has 0 aromatic rings. The molecule has 0 spiro atoms. The molecule has 1 fully saturated rings. The van der Waals surface area contributed by atoms with Crippen molar-refractivity contribution in [2.45, 2.75) is 51.6 Å². The largest absolute Gasteiger partial charge is 0.323 e. The van der Waals surface area contributed by atoms with Crippen LogP contribution in [0.3, 0.4) is 0 Å². The van der Waals surface area contributed by atoms with Gasteiger partial charge < -0.3 is 10.6 Å². The van der Waals surface area contributed by atoms with E-state index in [0.717, 1.165) is 19.3 Å². The van der Waals surface area contributed by atoms with Gasteiger partial charge in [0.15, 0.2) is 0 Å². The Morgan fingerprint density at radius 3 is 2.81 bits per heavy atom. The predicted octanol–water partition coefficient (Wildman–Crippen LogP) is 1.26. The molecule has 2 N–H and O–H groups in total. The number of carbonyl (C=O) groups excluding carboxylic acids is 1. The lowest BCUT2D eigenvalue weighted by atomic mass is 9.96. The molecule has 1 unspecified atom stereocenters. The first-order valence-electron chi connectivity index (χ1n) is 5.94. The molecule has 1 heterocycles. The molecule has 1 saturated heterocycles. The summed E-state index contributed by atoms with van der Waals surface area (Å²) in [6, 6.07) is 1.76. The quantitative estimate of drug-likeness (QED) is 0.783. The van der Waals surface area contributed by atoms with Crippen molar-refractivity contribution in [2.24, 2.45) is 11.7 Å². The number of nitrogens with two attached hydrogens (primary N) is 1. The third-order valence-electron chi connectivity index (χ3n) is 3.69. The molecule has 0 aliphatic carbocycles. The molecule has 1 aliphatic heterocycles. The minimum Gasteiger partial charge on any atom is -0.323 e. The lowest BCUT2D eigenvalue weighted by molar-refractivity contribution is -0.135. The fourth-order valence-corrected chi connectivity index (χ4v) is 2.11. The summed E-state index contributed by atoms with van der Waals surface area (Å²) < 4.78 is 0. The second-order valence-electron chi connectivity index (χ2n) is 4.89. The number of amides is 1. The molecule has 0 aromatic carbocycles. The van der Waals surface area contributed by atoms with E-state index in [1.54, 1.807) is 4.90 Å². The van der Waals surface area contributed by atoms with Crippen LogP contribution in [0.25, 0.3) is 0 Å². The molecule has 90 valence electrons. The molecule has 4 heteroatoms. The molecule has 3 atom stereocenters. The van der Waals surface area contributed by atoms with Crippen molar-refractivity contribution in [3.8, 4) is 6.07 Å². The number of rotatable bonds is 3. The molecular weight excluding hydrogens is 202 g/mol. The zero-order chi connectivity index (χ0) is 12.3. The van der Waals surface area contributed by atoms with Gasteiger partial charge in [0, 0.05) is 6.54 Å². The summed E-state index contributed by atoms with van der Waals surface area (Å²) in [7, 11) is 0. The summed E-state index contributed by atoms with van der Waals surface area (Å²) in [6.45, 7) is 6.47. The second-order valence-corrected chi connectivity index (χ2v) is 4.89. The predicted molar refractivity (Wildman–Crippen MR) is 62.4 cm³/mol. The van der Waals surface area contributed by atoms with Crippen molar-refractivity contribution in [3.05, 3.63) is 0 Å². The SMILES string of the molecule is CCC(C)[C@H](N)C(=O)N1CCC[C@@]1(C)C#N. The van der Waals surface area contributed by atoms with Gasteiger partial charge in [-0.1, -0.05) is 20.3 Å². The first kappa shape index (κ1) is 13.0. The van der Waals surface area contributed by atoms with Crippen LogP contribution in [0.4, 0.5) is 0 Å². The second kappa shape index (κ2) is 4.84. The van der Waals surface area contributed by atoms with Crippen LogP contribution in [-0.4, -0.2) is 28.9 Å². The van der Waals surface area contributed by atoms with Crippen LogP contribution in [0.2, 0.25) is 0 Å². The smallest absolute Gasteiger partial charge is 0.241 e. The van der Waals surface area contributed by atoms with Crippen LogP contribution in [0.1, 0.15) is 40.0 Å². The van der Waals surface area contributed by atoms with Crippen LogP contribution < -0.4 is 5.73 Å². The maximum Gasteiger partial charge on any atom is 0.241 e. The van der Waals surface area contributed by atoms with Gasteiger partial charge in [-0.15, -0.1) is 0 Å². The van der Waals surface area contributed by atoms with E-state index < -0.39 is 11.6 Å². The number of carbonyl (C=O) groups is 1. The number of hydrogen-bond donors (Lipinski definition) is 1. The summed E-state index contributed by atoms with van der Waals surface area (Å²) in [5.41, 5.74) is 5.28. The van der Waals surface area contributed by atoms with Crippen LogP contribution >= 0.6 is 0 Å². The Labute approximate surface area is 97.4 Å². The maximum atomic E-state index is 12.2. The number of hydrogen-bond acceptors (Lipinski definition) is 3. The first-order valence-corrected chi connectivity index (χ1v) is 5.94. The normalized spacial score (nSPS) is 28.6. The van der Waals surface area contributed by atoms with E-state index in [9.17, 15) is 4.79 Å². The average molecular weight is 223 g/mol. The fraction of sp³-hybridized carbons (Fsp3) is 0.833. The third-order valence-corrected chi connectivity index (χ3v) is 3.69. The maximum absolute atomic E-state index is 12.2. The summed E-state index contributed by atoms with van der Waals surface area (Å²) in [6.07, 6.45) is 2.52. The summed E-state index contributed by atoms with van der Waals surface area (Å²) >= 11 is 0. The Morgan fingerprint density at radius 1 is 1.69 bits per heavy atom. The van der Waals surface area contributed by atoms with Gasteiger partial charge in [0.05, 0.1) is 12.1 Å². The zero-order valence-electron chi connectivity index (χ0n) is 10.4. The van der Waals surface area contributed by atoms with Crippen LogP contribution in [-0.2, 0) is 4.79 Å². The van der Waals surface area contributed by atoms with Gasteiger partial charge in [0.25, 0.3) is 0 Å². The third kappa shape index (κ3) is 2.19. The van der Waals surface area contributed by atoms with Gasteiger partial charge in [0.1, 0.15) is 5.54 Å². The van der Waals surface area contributed by atoms with Crippen LogP contribution in [0.15, 0.2) is 0 Å². The van der Waals surface area contributed by atoms with Crippen molar-refractivity contribution in [2.75, 3.05) is 6.54 Å². The Balaban J connectivity index is 2.78. The van der Waals surface area contributed by atoms with E-state index in [1.807, 2.05) is 20.8 Å². The Morgan fingerprint density at radius 2 is 2.31 bits per heavy atom. The van der Waals surface area contributed by atoms with Crippen molar-refractivity contribution < 1.29 is 4.79 Å².